The topological polar surface area (TPSA) is 28.7 Å². The lowest BCUT2D eigenvalue weighted by Crippen LogP contribution is -1.87. The first-order valence-corrected chi connectivity index (χ1v) is 5.03. The molecule has 0 fully saturated rings. The summed E-state index contributed by atoms with van der Waals surface area (Å²) in [5, 5.41) is 1.03. The van der Waals surface area contributed by atoms with E-state index in [2.05, 4.69) is 9.97 Å². The molecule has 0 saturated carbocycles. The van der Waals surface area contributed by atoms with E-state index in [1.165, 1.54) is 6.07 Å². The van der Waals surface area contributed by atoms with Gasteiger partial charge in [-0.1, -0.05) is 12.1 Å². The van der Waals surface area contributed by atoms with Crippen molar-refractivity contribution in [3.05, 3.63) is 54.5 Å². The number of aromatic amines is 1. The van der Waals surface area contributed by atoms with Gasteiger partial charge in [0.1, 0.15) is 11.5 Å². The maximum Gasteiger partial charge on any atom is 0.137 e. The van der Waals surface area contributed by atoms with Crippen molar-refractivity contribution in [2.45, 2.75) is 0 Å². The van der Waals surface area contributed by atoms with Crippen LogP contribution in [-0.2, 0) is 0 Å². The summed E-state index contributed by atoms with van der Waals surface area (Å²) in [4.78, 5) is 7.39. The summed E-state index contributed by atoms with van der Waals surface area (Å²) in [7, 11) is 0. The molecule has 0 amide bonds. The van der Waals surface area contributed by atoms with Gasteiger partial charge in [-0.2, -0.15) is 0 Å². The number of nitrogens with zero attached hydrogens (tertiary/aromatic N) is 1. The molecule has 0 aliphatic heterocycles. The molecule has 2 nitrogen and oxygen atoms in total. The second-order valence-corrected chi connectivity index (χ2v) is 3.59. The van der Waals surface area contributed by atoms with Gasteiger partial charge in [0, 0.05) is 17.1 Å². The first-order valence-electron chi connectivity index (χ1n) is 5.03. The second-order valence-electron chi connectivity index (χ2n) is 3.59. The largest absolute Gasteiger partial charge is 0.346 e. The van der Waals surface area contributed by atoms with Crippen LogP contribution in [0.15, 0.2) is 48.7 Å². The number of halogens is 1. The molecule has 0 spiro atoms. The van der Waals surface area contributed by atoms with Crippen LogP contribution in [0.4, 0.5) is 4.39 Å². The predicted molar refractivity (Wildman–Crippen MR) is 61.5 cm³/mol. The summed E-state index contributed by atoms with van der Waals surface area (Å²) >= 11 is 0. The van der Waals surface area contributed by atoms with Crippen molar-refractivity contribution in [3.8, 4) is 11.3 Å². The third-order valence-corrected chi connectivity index (χ3v) is 2.56. The molecule has 0 radical (unpaired) electrons. The molecule has 2 aromatic heterocycles. The molecule has 0 aliphatic rings. The first kappa shape index (κ1) is 9.09. The highest BCUT2D eigenvalue weighted by atomic mass is 19.1. The van der Waals surface area contributed by atoms with Gasteiger partial charge in [0.15, 0.2) is 0 Å². The maximum absolute atomic E-state index is 13.6. The lowest BCUT2D eigenvalue weighted by Gasteiger charge is -2.01. The second kappa shape index (κ2) is 3.45. The average molecular weight is 212 g/mol. The summed E-state index contributed by atoms with van der Waals surface area (Å²) in [6.07, 6.45) is 1.82. The van der Waals surface area contributed by atoms with Gasteiger partial charge in [-0.15, -0.1) is 0 Å². The van der Waals surface area contributed by atoms with Gasteiger partial charge < -0.3 is 4.98 Å². The predicted octanol–water partition coefficient (Wildman–Crippen LogP) is 3.37. The van der Waals surface area contributed by atoms with Crippen LogP contribution in [-0.4, -0.2) is 9.97 Å². The number of hydrogen-bond donors (Lipinski definition) is 1. The van der Waals surface area contributed by atoms with Gasteiger partial charge in [0.05, 0.1) is 5.69 Å². The molecule has 0 unspecified atom stereocenters. The highest BCUT2D eigenvalue weighted by Gasteiger charge is 2.06. The normalized spacial score (nSPS) is 10.8. The van der Waals surface area contributed by atoms with E-state index in [1.54, 1.807) is 18.2 Å². The van der Waals surface area contributed by atoms with Crippen LogP contribution in [0.1, 0.15) is 0 Å². The Bertz CT molecular complexity index is 643. The smallest absolute Gasteiger partial charge is 0.137 e. The van der Waals surface area contributed by atoms with Crippen LogP contribution in [0.25, 0.3) is 22.3 Å². The van der Waals surface area contributed by atoms with Crippen molar-refractivity contribution < 1.29 is 4.39 Å². The van der Waals surface area contributed by atoms with Crippen molar-refractivity contribution in [2.24, 2.45) is 0 Å². The minimum absolute atomic E-state index is 0.249. The van der Waals surface area contributed by atoms with E-state index >= 15 is 0 Å². The third kappa shape index (κ3) is 1.37. The quantitative estimate of drug-likeness (QED) is 0.658. The summed E-state index contributed by atoms with van der Waals surface area (Å²) < 4.78 is 13.6. The molecule has 0 saturated heterocycles. The number of rotatable bonds is 1. The Labute approximate surface area is 91.8 Å². The van der Waals surface area contributed by atoms with E-state index in [0.29, 0.717) is 11.3 Å². The number of benzene rings is 1. The van der Waals surface area contributed by atoms with Crippen LogP contribution in [0.5, 0.6) is 0 Å². The molecule has 0 aliphatic carbocycles. The molecule has 3 aromatic rings. The molecule has 1 aromatic carbocycles. The lowest BCUT2D eigenvalue weighted by molar-refractivity contribution is 0.631. The van der Waals surface area contributed by atoms with Crippen LogP contribution >= 0.6 is 0 Å². The molecular formula is C13H9FN2. The number of aromatic nitrogens is 2. The SMILES string of the molecule is Fc1ccccc1-c1ccc2cc[nH]c2n1. The molecule has 2 heterocycles. The first-order chi connectivity index (χ1) is 7.84. The number of hydrogen-bond acceptors (Lipinski definition) is 1. The van der Waals surface area contributed by atoms with Crippen LogP contribution < -0.4 is 0 Å². The van der Waals surface area contributed by atoms with E-state index in [1.807, 2.05) is 24.4 Å². The monoisotopic (exact) mass is 212 g/mol. The fourth-order valence-electron chi connectivity index (χ4n) is 1.75. The number of fused-ring (bicyclic) bond motifs is 1. The van der Waals surface area contributed by atoms with E-state index in [0.717, 1.165) is 11.0 Å². The Kier molecular flexibility index (Phi) is 1.96. The zero-order valence-corrected chi connectivity index (χ0v) is 8.44. The van der Waals surface area contributed by atoms with Crippen molar-refractivity contribution in [2.75, 3.05) is 0 Å². The highest BCUT2D eigenvalue weighted by molar-refractivity contribution is 5.78. The van der Waals surface area contributed by atoms with E-state index < -0.39 is 0 Å². The summed E-state index contributed by atoms with van der Waals surface area (Å²) in [5.41, 5.74) is 1.95. The zero-order chi connectivity index (χ0) is 11.0. The Morgan fingerprint density at radius 2 is 1.88 bits per heavy atom. The van der Waals surface area contributed by atoms with Gasteiger partial charge >= 0.3 is 0 Å². The highest BCUT2D eigenvalue weighted by Crippen LogP contribution is 2.22. The Morgan fingerprint density at radius 3 is 2.75 bits per heavy atom. The van der Waals surface area contributed by atoms with Crippen molar-refractivity contribution >= 4 is 11.0 Å². The molecule has 78 valence electrons. The Hall–Kier alpha value is -2.16. The molecule has 0 bridgehead atoms. The van der Waals surface area contributed by atoms with Gasteiger partial charge in [0.2, 0.25) is 0 Å². The average Bonchev–Trinajstić information content (AvgIpc) is 2.76. The van der Waals surface area contributed by atoms with Crippen molar-refractivity contribution in [3.63, 3.8) is 0 Å². The molecule has 1 N–H and O–H groups in total. The third-order valence-electron chi connectivity index (χ3n) is 2.56. The minimum atomic E-state index is -0.249. The Morgan fingerprint density at radius 1 is 1.00 bits per heavy atom. The summed E-state index contributed by atoms with van der Waals surface area (Å²) in [6, 6.07) is 12.3. The standard InChI is InChI=1S/C13H9FN2/c14-11-4-2-1-3-10(11)12-6-5-9-7-8-15-13(9)16-12/h1-8H,(H,15,16). The zero-order valence-electron chi connectivity index (χ0n) is 8.44. The van der Waals surface area contributed by atoms with Crippen LogP contribution in [0, 0.1) is 5.82 Å². The van der Waals surface area contributed by atoms with Crippen molar-refractivity contribution in [1.29, 1.82) is 0 Å². The maximum atomic E-state index is 13.6. The van der Waals surface area contributed by atoms with E-state index in [4.69, 9.17) is 0 Å². The van der Waals surface area contributed by atoms with Gasteiger partial charge in [-0.3, -0.25) is 0 Å². The number of pyridine rings is 1. The number of nitrogens with one attached hydrogen (secondary N) is 1. The molecule has 3 rings (SSSR count). The summed E-state index contributed by atoms with van der Waals surface area (Å²) in [5.74, 6) is -0.249. The van der Waals surface area contributed by atoms with Crippen molar-refractivity contribution in [1.82, 2.24) is 9.97 Å². The van der Waals surface area contributed by atoms with Gasteiger partial charge in [0.25, 0.3) is 0 Å². The minimum Gasteiger partial charge on any atom is -0.346 e. The number of H-pyrrole nitrogens is 1. The fraction of sp³-hybridized carbons (Fsp3) is 0. The van der Waals surface area contributed by atoms with E-state index in [9.17, 15) is 4.39 Å². The van der Waals surface area contributed by atoms with Crippen LogP contribution in [0.3, 0.4) is 0 Å². The molecule has 3 heteroatoms. The summed E-state index contributed by atoms with van der Waals surface area (Å²) in [6.45, 7) is 0. The molecule has 0 atom stereocenters. The molecular weight excluding hydrogens is 203 g/mol. The van der Waals surface area contributed by atoms with Crippen LogP contribution in [0.2, 0.25) is 0 Å². The molecule has 16 heavy (non-hydrogen) atoms. The van der Waals surface area contributed by atoms with Gasteiger partial charge in [-0.05, 0) is 30.3 Å². The van der Waals surface area contributed by atoms with Gasteiger partial charge in [-0.25, -0.2) is 9.37 Å². The fourth-order valence-corrected chi connectivity index (χ4v) is 1.75. The lowest BCUT2D eigenvalue weighted by atomic mass is 10.1. The van der Waals surface area contributed by atoms with E-state index in [-0.39, 0.29) is 5.82 Å². The Balaban J connectivity index is 2.22.